The molecular weight excluding hydrogens is 326 g/mol. The van der Waals surface area contributed by atoms with Crippen molar-refractivity contribution in [2.24, 2.45) is 17.8 Å². The molecule has 1 N–H and O–H groups in total. The van der Waals surface area contributed by atoms with Crippen molar-refractivity contribution >= 4 is 21.7 Å². The Kier molecular flexibility index (Phi) is 2.93. The van der Waals surface area contributed by atoms with Crippen molar-refractivity contribution in [1.29, 1.82) is 0 Å². The number of hydrogen-bond donors (Lipinski definition) is 1. The first-order valence-corrected chi connectivity index (χ1v) is 9.62. The number of halogens is 1. The van der Waals surface area contributed by atoms with Gasteiger partial charge in [-0.25, -0.2) is 4.68 Å². The third kappa shape index (κ3) is 1.87. The lowest BCUT2D eigenvalue weighted by Gasteiger charge is -2.37. The van der Waals surface area contributed by atoms with Crippen molar-refractivity contribution in [3.05, 3.63) is 10.2 Å². The fourth-order valence-corrected chi connectivity index (χ4v) is 6.32. The highest BCUT2D eigenvalue weighted by atomic mass is 79.9. The summed E-state index contributed by atoms with van der Waals surface area (Å²) in [5.74, 6) is 4.69. The predicted octanol–water partition coefficient (Wildman–Crippen LogP) is 4.71. The molecule has 1 aromatic heterocycles. The van der Waals surface area contributed by atoms with Crippen LogP contribution < -0.4 is 5.32 Å². The highest BCUT2D eigenvalue weighted by Gasteiger charge is 2.44. The van der Waals surface area contributed by atoms with Gasteiger partial charge in [-0.15, -0.1) is 0 Å². The highest BCUT2D eigenvalue weighted by molar-refractivity contribution is 9.10. The molecular formula is C17H24BrN3. The van der Waals surface area contributed by atoms with Crippen LogP contribution in [-0.4, -0.2) is 16.3 Å². The third-order valence-corrected chi connectivity index (χ3v) is 7.46. The van der Waals surface area contributed by atoms with Crippen molar-refractivity contribution < 1.29 is 0 Å². The quantitative estimate of drug-likeness (QED) is 0.795. The molecule has 0 aromatic carbocycles. The van der Waals surface area contributed by atoms with E-state index < -0.39 is 0 Å². The summed E-state index contributed by atoms with van der Waals surface area (Å²) in [4.78, 5) is 0. The summed E-state index contributed by atoms with van der Waals surface area (Å²) in [6, 6.07) is 0.652. The fraction of sp³-hybridized carbons (Fsp3) is 0.824. The minimum atomic E-state index is 0.652. The minimum Gasteiger partial charge on any atom is -0.369 e. The Bertz CT molecular complexity index is 567. The highest BCUT2D eigenvalue weighted by Crippen LogP contribution is 2.55. The van der Waals surface area contributed by atoms with Crippen molar-refractivity contribution in [1.82, 2.24) is 9.78 Å². The van der Waals surface area contributed by atoms with Gasteiger partial charge in [-0.2, -0.15) is 5.10 Å². The van der Waals surface area contributed by atoms with Crippen LogP contribution in [0.15, 0.2) is 4.47 Å². The summed E-state index contributed by atoms with van der Waals surface area (Å²) < 4.78 is 3.64. The average Bonchev–Trinajstić information content (AvgIpc) is 3.21. The first-order chi connectivity index (χ1) is 10.3. The smallest absolute Gasteiger partial charge is 0.139 e. The van der Waals surface area contributed by atoms with Crippen molar-refractivity contribution in [3.63, 3.8) is 0 Å². The molecule has 2 heterocycles. The molecule has 0 saturated heterocycles. The fourth-order valence-electron chi connectivity index (χ4n) is 5.62. The monoisotopic (exact) mass is 349 g/mol. The summed E-state index contributed by atoms with van der Waals surface area (Å²) in [6.45, 7) is 1.14. The van der Waals surface area contributed by atoms with Gasteiger partial charge in [0.2, 0.25) is 0 Å². The Balaban J connectivity index is 1.53. The number of rotatable bonds is 1. The zero-order valence-electron chi connectivity index (χ0n) is 12.5. The Morgan fingerprint density at radius 2 is 1.95 bits per heavy atom. The molecule has 0 radical (unpaired) electrons. The van der Waals surface area contributed by atoms with Crippen LogP contribution in [0.2, 0.25) is 0 Å². The molecule has 114 valence electrons. The molecule has 4 aliphatic rings. The molecule has 0 spiro atoms. The first-order valence-electron chi connectivity index (χ1n) is 8.83. The van der Waals surface area contributed by atoms with Crippen LogP contribution in [0.25, 0.3) is 0 Å². The summed E-state index contributed by atoms with van der Waals surface area (Å²) in [5, 5.41) is 8.81. The summed E-state index contributed by atoms with van der Waals surface area (Å²) >= 11 is 3.89. The van der Waals surface area contributed by atoms with Gasteiger partial charge >= 0.3 is 0 Å². The van der Waals surface area contributed by atoms with Crippen molar-refractivity contribution in [3.8, 4) is 0 Å². The Hall–Kier alpha value is -0.510. The van der Waals surface area contributed by atoms with E-state index in [1.807, 2.05) is 0 Å². The summed E-state index contributed by atoms with van der Waals surface area (Å²) in [5.41, 5.74) is 1.37. The van der Waals surface area contributed by atoms with E-state index in [0.29, 0.717) is 6.04 Å². The van der Waals surface area contributed by atoms with Crippen LogP contribution in [0, 0.1) is 17.8 Å². The molecule has 3 nitrogen and oxygen atoms in total. The number of anilines is 1. The molecule has 1 aromatic rings. The lowest BCUT2D eigenvalue weighted by atomic mass is 9.83. The maximum Gasteiger partial charge on any atom is 0.139 e. The number of hydrogen-bond acceptors (Lipinski definition) is 2. The van der Waals surface area contributed by atoms with Gasteiger partial charge < -0.3 is 5.32 Å². The Morgan fingerprint density at radius 3 is 2.76 bits per heavy atom. The van der Waals surface area contributed by atoms with E-state index in [4.69, 9.17) is 5.10 Å². The molecule has 3 aliphatic carbocycles. The van der Waals surface area contributed by atoms with Gasteiger partial charge in [0.15, 0.2) is 0 Å². The van der Waals surface area contributed by atoms with Crippen molar-refractivity contribution in [2.75, 3.05) is 11.9 Å². The van der Waals surface area contributed by atoms with Crippen LogP contribution in [0.3, 0.4) is 0 Å². The van der Waals surface area contributed by atoms with Crippen LogP contribution in [-0.2, 0) is 0 Å². The number of nitrogens with one attached hydrogen (secondary N) is 1. The summed E-state index contributed by atoms with van der Waals surface area (Å²) in [7, 11) is 0. The molecule has 5 rings (SSSR count). The molecule has 0 amide bonds. The SMILES string of the molecule is Brc1c(C2CC3CCC2C3)nn2c1NCC1CCCCC12. The minimum absolute atomic E-state index is 0.652. The van der Waals surface area contributed by atoms with Gasteiger partial charge in [-0.3, -0.25) is 0 Å². The molecule has 4 heteroatoms. The van der Waals surface area contributed by atoms with E-state index in [2.05, 4.69) is 25.9 Å². The Morgan fingerprint density at radius 1 is 1.05 bits per heavy atom. The van der Waals surface area contributed by atoms with Crippen molar-refractivity contribution in [2.45, 2.75) is 63.3 Å². The topological polar surface area (TPSA) is 29.9 Å². The molecule has 3 fully saturated rings. The molecule has 5 unspecified atom stereocenters. The molecule has 21 heavy (non-hydrogen) atoms. The van der Waals surface area contributed by atoms with Gasteiger partial charge in [-0.05, 0) is 65.8 Å². The maximum atomic E-state index is 5.14. The lowest BCUT2D eigenvalue weighted by Crippen LogP contribution is -2.35. The number of nitrogens with zero attached hydrogens (tertiary/aromatic N) is 2. The molecule has 5 atom stereocenters. The third-order valence-electron chi connectivity index (χ3n) is 6.68. The van der Waals surface area contributed by atoms with Gasteiger partial charge in [0.25, 0.3) is 0 Å². The second-order valence-corrected chi connectivity index (χ2v) is 8.56. The van der Waals surface area contributed by atoms with Gasteiger partial charge in [0.05, 0.1) is 16.2 Å². The first kappa shape index (κ1) is 13.0. The zero-order valence-corrected chi connectivity index (χ0v) is 14.1. The van der Waals surface area contributed by atoms with E-state index in [0.717, 1.165) is 30.2 Å². The second-order valence-electron chi connectivity index (χ2n) is 7.77. The van der Waals surface area contributed by atoms with Gasteiger partial charge in [-0.1, -0.05) is 19.3 Å². The standard InChI is InChI=1S/C17H24BrN3/c18-15-16(13-8-10-5-6-11(13)7-10)20-21-14-4-2-1-3-12(14)9-19-17(15)21/h10-14,19H,1-9H2. The van der Waals surface area contributed by atoms with Crippen LogP contribution in [0.1, 0.15) is 69.0 Å². The van der Waals surface area contributed by atoms with E-state index in [1.54, 1.807) is 0 Å². The van der Waals surface area contributed by atoms with E-state index in [1.165, 1.54) is 67.4 Å². The largest absolute Gasteiger partial charge is 0.369 e. The Labute approximate surface area is 135 Å². The number of fused-ring (bicyclic) bond motifs is 5. The van der Waals surface area contributed by atoms with Gasteiger partial charge in [0.1, 0.15) is 5.82 Å². The average molecular weight is 350 g/mol. The normalized spacial score (nSPS) is 40.7. The van der Waals surface area contributed by atoms with E-state index in [9.17, 15) is 0 Å². The number of aromatic nitrogens is 2. The van der Waals surface area contributed by atoms with E-state index in [-0.39, 0.29) is 0 Å². The molecule has 2 bridgehead atoms. The lowest BCUT2D eigenvalue weighted by molar-refractivity contribution is 0.221. The molecule has 3 saturated carbocycles. The predicted molar refractivity (Wildman–Crippen MR) is 87.6 cm³/mol. The van der Waals surface area contributed by atoms with Crippen LogP contribution in [0.5, 0.6) is 0 Å². The maximum absolute atomic E-state index is 5.14. The zero-order chi connectivity index (χ0) is 14.0. The van der Waals surface area contributed by atoms with E-state index >= 15 is 0 Å². The van der Waals surface area contributed by atoms with Crippen LogP contribution in [0.4, 0.5) is 5.82 Å². The second kappa shape index (κ2) is 4.74. The van der Waals surface area contributed by atoms with Gasteiger partial charge in [0, 0.05) is 12.5 Å². The summed E-state index contributed by atoms with van der Waals surface area (Å²) in [6.07, 6.45) is 11.2. The molecule has 1 aliphatic heterocycles. The van der Waals surface area contributed by atoms with Crippen LogP contribution >= 0.6 is 15.9 Å².